The highest BCUT2D eigenvalue weighted by atomic mass is 15.2. The van der Waals surface area contributed by atoms with E-state index in [9.17, 15) is 0 Å². The Hall–Kier alpha value is -3.45. The molecule has 0 unspecified atom stereocenters. The third-order valence-electron chi connectivity index (χ3n) is 6.29. The van der Waals surface area contributed by atoms with Crippen LogP contribution in [0.4, 0.5) is 11.8 Å². The van der Waals surface area contributed by atoms with E-state index in [4.69, 9.17) is 9.97 Å². The van der Waals surface area contributed by atoms with Crippen LogP contribution in [0.1, 0.15) is 66.0 Å². The number of aromatic nitrogens is 4. The summed E-state index contributed by atoms with van der Waals surface area (Å²) >= 11 is 0. The van der Waals surface area contributed by atoms with Crippen LogP contribution in [0.25, 0.3) is 22.3 Å². The van der Waals surface area contributed by atoms with Crippen molar-refractivity contribution in [2.24, 2.45) is 0 Å². The minimum absolute atomic E-state index is 0.265. The predicted octanol–water partition coefficient (Wildman–Crippen LogP) is 7.25. The summed E-state index contributed by atoms with van der Waals surface area (Å²) in [6.45, 7) is 17.4. The van der Waals surface area contributed by atoms with E-state index in [0.29, 0.717) is 12.5 Å². The SMILES string of the molecule is CC.CCCN(CCC)CCNc1nc(NCc2ccc(-c3ccccc3)cc2)c2ncn(C(C)C)c2n1. The van der Waals surface area contributed by atoms with Crippen molar-refractivity contribution in [1.82, 2.24) is 24.4 Å². The predicted molar refractivity (Wildman–Crippen MR) is 162 cm³/mol. The monoisotopic (exact) mass is 515 g/mol. The van der Waals surface area contributed by atoms with Gasteiger partial charge in [-0.05, 0) is 56.5 Å². The van der Waals surface area contributed by atoms with E-state index >= 15 is 0 Å². The van der Waals surface area contributed by atoms with Crippen molar-refractivity contribution in [3.05, 3.63) is 66.5 Å². The molecule has 2 aromatic carbocycles. The van der Waals surface area contributed by atoms with Gasteiger partial charge in [-0.3, -0.25) is 0 Å². The van der Waals surface area contributed by atoms with Gasteiger partial charge >= 0.3 is 0 Å². The summed E-state index contributed by atoms with van der Waals surface area (Å²) in [6.07, 6.45) is 4.19. The summed E-state index contributed by atoms with van der Waals surface area (Å²) in [5.41, 5.74) is 5.28. The molecule has 204 valence electrons. The second kappa shape index (κ2) is 15.1. The van der Waals surface area contributed by atoms with Gasteiger partial charge in [-0.15, -0.1) is 0 Å². The number of nitrogens with zero attached hydrogens (tertiary/aromatic N) is 5. The van der Waals surface area contributed by atoms with E-state index in [1.165, 1.54) is 16.7 Å². The van der Waals surface area contributed by atoms with Crippen LogP contribution >= 0.6 is 0 Å². The Kier molecular flexibility index (Phi) is 11.6. The molecule has 4 aromatic rings. The maximum Gasteiger partial charge on any atom is 0.226 e. The number of fused-ring (bicyclic) bond motifs is 1. The number of benzene rings is 2. The minimum atomic E-state index is 0.265. The zero-order valence-corrected chi connectivity index (χ0v) is 24.0. The van der Waals surface area contributed by atoms with Gasteiger partial charge in [0.1, 0.15) is 0 Å². The fraction of sp³-hybridized carbons (Fsp3) is 0.452. The molecule has 7 heteroatoms. The second-order valence-electron chi connectivity index (χ2n) is 9.50. The molecule has 2 N–H and O–H groups in total. The van der Waals surface area contributed by atoms with E-state index in [1.54, 1.807) is 0 Å². The molecule has 0 saturated carbocycles. The summed E-state index contributed by atoms with van der Waals surface area (Å²) in [5.74, 6) is 1.40. The Bertz CT molecular complexity index is 1210. The maximum absolute atomic E-state index is 4.83. The molecular weight excluding hydrogens is 470 g/mol. The first-order valence-corrected chi connectivity index (χ1v) is 14.2. The zero-order valence-electron chi connectivity index (χ0n) is 24.0. The molecule has 0 amide bonds. The van der Waals surface area contributed by atoms with Gasteiger partial charge < -0.3 is 20.1 Å². The lowest BCUT2D eigenvalue weighted by Crippen LogP contribution is -2.31. The molecule has 0 atom stereocenters. The van der Waals surface area contributed by atoms with Gasteiger partial charge in [-0.2, -0.15) is 9.97 Å². The lowest BCUT2D eigenvalue weighted by Gasteiger charge is -2.21. The molecule has 0 radical (unpaired) electrons. The number of hydrogen-bond donors (Lipinski definition) is 2. The zero-order chi connectivity index (χ0) is 27.3. The maximum atomic E-state index is 4.83. The van der Waals surface area contributed by atoms with Crippen molar-refractivity contribution >= 4 is 22.9 Å². The molecule has 7 nitrogen and oxygen atoms in total. The van der Waals surface area contributed by atoms with Crippen molar-refractivity contribution in [1.29, 1.82) is 0 Å². The van der Waals surface area contributed by atoms with Gasteiger partial charge in [0.05, 0.1) is 6.33 Å². The summed E-state index contributed by atoms with van der Waals surface area (Å²) in [5, 5.41) is 6.98. The summed E-state index contributed by atoms with van der Waals surface area (Å²) in [4.78, 5) is 16.8. The van der Waals surface area contributed by atoms with E-state index in [0.717, 1.165) is 56.0 Å². The molecule has 0 bridgehead atoms. The number of imidazole rings is 1. The third kappa shape index (κ3) is 7.78. The molecule has 0 saturated heterocycles. The first-order chi connectivity index (χ1) is 18.6. The quantitative estimate of drug-likeness (QED) is 0.195. The Morgan fingerprint density at radius 2 is 1.47 bits per heavy atom. The standard InChI is InChI=1S/C29H39N7.C2H6/c1-5-17-35(18-6-2)19-16-30-29-33-27(26-28(34-29)36(21-32-26)22(3)4)31-20-23-12-14-25(15-13-23)24-10-8-7-9-11-24;1-2/h7-15,21-22H,5-6,16-20H2,1-4H3,(H2,30,31,33,34);1-2H3. The second-order valence-corrected chi connectivity index (χ2v) is 9.50. The third-order valence-corrected chi connectivity index (χ3v) is 6.29. The number of anilines is 2. The number of rotatable bonds is 13. The van der Waals surface area contributed by atoms with Crippen LogP contribution in [0.2, 0.25) is 0 Å². The number of hydrogen-bond acceptors (Lipinski definition) is 6. The van der Waals surface area contributed by atoms with Crippen LogP contribution in [0.15, 0.2) is 60.9 Å². The van der Waals surface area contributed by atoms with Gasteiger partial charge in [-0.1, -0.05) is 82.3 Å². The lowest BCUT2D eigenvalue weighted by molar-refractivity contribution is 0.285. The Morgan fingerprint density at radius 1 is 0.816 bits per heavy atom. The smallest absolute Gasteiger partial charge is 0.226 e. The Balaban J connectivity index is 0.00000195. The van der Waals surface area contributed by atoms with Crippen molar-refractivity contribution < 1.29 is 0 Å². The number of nitrogens with one attached hydrogen (secondary N) is 2. The normalized spacial score (nSPS) is 11.1. The molecule has 0 aliphatic rings. The van der Waals surface area contributed by atoms with E-state index in [1.807, 2.05) is 26.2 Å². The summed E-state index contributed by atoms with van der Waals surface area (Å²) in [6, 6.07) is 19.4. The van der Waals surface area contributed by atoms with Gasteiger partial charge in [0.2, 0.25) is 5.95 Å². The molecule has 0 aliphatic heterocycles. The molecule has 38 heavy (non-hydrogen) atoms. The van der Waals surface area contributed by atoms with Crippen LogP contribution < -0.4 is 10.6 Å². The van der Waals surface area contributed by atoms with Crippen LogP contribution in [-0.4, -0.2) is 50.6 Å². The van der Waals surface area contributed by atoms with E-state index in [2.05, 4.69) is 101 Å². The Morgan fingerprint density at radius 3 is 2.11 bits per heavy atom. The molecule has 0 spiro atoms. The highest BCUT2D eigenvalue weighted by Crippen LogP contribution is 2.24. The summed E-state index contributed by atoms with van der Waals surface area (Å²) in [7, 11) is 0. The molecular formula is C31H45N7. The van der Waals surface area contributed by atoms with E-state index in [-0.39, 0.29) is 6.04 Å². The van der Waals surface area contributed by atoms with Crippen molar-refractivity contribution in [3.63, 3.8) is 0 Å². The molecule has 2 heterocycles. The fourth-order valence-corrected chi connectivity index (χ4v) is 4.42. The molecule has 4 rings (SSSR count). The van der Waals surface area contributed by atoms with Crippen LogP contribution in [0.3, 0.4) is 0 Å². The van der Waals surface area contributed by atoms with Crippen LogP contribution in [0, 0.1) is 0 Å². The van der Waals surface area contributed by atoms with Gasteiger partial charge in [0, 0.05) is 25.7 Å². The van der Waals surface area contributed by atoms with Crippen molar-refractivity contribution in [3.8, 4) is 11.1 Å². The first-order valence-electron chi connectivity index (χ1n) is 14.2. The highest BCUT2D eigenvalue weighted by molar-refractivity contribution is 5.84. The van der Waals surface area contributed by atoms with Crippen LogP contribution in [-0.2, 0) is 6.54 Å². The highest BCUT2D eigenvalue weighted by Gasteiger charge is 2.15. The Labute approximate surface area is 228 Å². The molecule has 0 aliphatic carbocycles. The van der Waals surface area contributed by atoms with Crippen LogP contribution in [0.5, 0.6) is 0 Å². The van der Waals surface area contributed by atoms with Gasteiger partial charge in [0.25, 0.3) is 0 Å². The largest absolute Gasteiger partial charge is 0.364 e. The van der Waals surface area contributed by atoms with Gasteiger partial charge in [0.15, 0.2) is 17.0 Å². The van der Waals surface area contributed by atoms with Gasteiger partial charge in [-0.25, -0.2) is 4.98 Å². The molecule has 0 fully saturated rings. The topological polar surface area (TPSA) is 70.9 Å². The average molecular weight is 516 g/mol. The van der Waals surface area contributed by atoms with E-state index < -0.39 is 0 Å². The average Bonchev–Trinajstić information content (AvgIpc) is 3.38. The van der Waals surface area contributed by atoms with Crippen molar-refractivity contribution in [2.45, 2.75) is 67.0 Å². The first kappa shape index (κ1) is 29.1. The minimum Gasteiger partial charge on any atom is -0.364 e. The fourth-order valence-electron chi connectivity index (χ4n) is 4.42. The molecule has 2 aromatic heterocycles. The van der Waals surface area contributed by atoms with Crippen molar-refractivity contribution in [2.75, 3.05) is 36.8 Å². The summed E-state index contributed by atoms with van der Waals surface area (Å²) < 4.78 is 2.10. The lowest BCUT2D eigenvalue weighted by atomic mass is 10.0.